The Bertz CT molecular complexity index is 564. The van der Waals surface area contributed by atoms with Crippen molar-refractivity contribution in [2.75, 3.05) is 36.9 Å². The van der Waals surface area contributed by atoms with Gasteiger partial charge in [0.1, 0.15) is 16.6 Å². The van der Waals surface area contributed by atoms with Crippen LogP contribution in [0.5, 0.6) is 0 Å². The van der Waals surface area contributed by atoms with Crippen LogP contribution in [0.3, 0.4) is 0 Å². The summed E-state index contributed by atoms with van der Waals surface area (Å²) in [5.41, 5.74) is 6.87. The molecule has 1 aliphatic heterocycles. The fourth-order valence-electron chi connectivity index (χ4n) is 2.43. The van der Waals surface area contributed by atoms with Gasteiger partial charge in [-0.1, -0.05) is 0 Å². The number of nitrogen functional groups attached to an aromatic ring is 1. The third-order valence-corrected chi connectivity index (χ3v) is 5.00. The zero-order valence-electron chi connectivity index (χ0n) is 11.2. The summed E-state index contributed by atoms with van der Waals surface area (Å²) >= 11 is 1.38. The molecule has 2 fully saturated rings. The van der Waals surface area contributed by atoms with Gasteiger partial charge in [-0.05, 0) is 19.3 Å². The van der Waals surface area contributed by atoms with Crippen molar-refractivity contribution >= 4 is 27.8 Å². The van der Waals surface area contributed by atoms with Crippen molar-refractivity contribution in [1.29, 1.82) is 5.26 Å². The minimum Gasteiger partial charge on any atom is -0.396 e. The van der Waals surface area contributed by atoms with Crippen LogP contribution in [0.1, 0.15) is 34.5 Å². The quantitative estimate of drug-likeness (QED) is 0.862. The van der Waals surface area contributed by atoms with Crippen LogP contribution >= 0.6 is 11.3 Å². The molecule has 1 aromatic heterocycles. The molecular weight excluding hydrogens is 274 g/mol. The lowest BCUT2D eigenvalue weighted by Crippen LogP contribution is -2.25. The first kappa shape index (κ1) is 13.4. The van der Waals surface area contributed by atoms with Crippen LogP contribution < -0.4 is 10.6 Å². The lowest BCUT2D eigenvalue weighted by molar-refractivity contribution is 0.0972. The molecule has 6 heteroatoms. The van der Waals surface area contributed by atoms with E-state index in [-0.39, 0.29) is 11.7 Å². The van der Waals surface area contributed by atoms with Crippen molar-refractivity contribution < 1.29 is 9.53 Å². The van der Waals surface area contributed by atoms with Crippen LogP contribution in [0.25, 0.3) is 0 Å². The second kappa shape index (κ2) is 5.43. The highest BCUT2D eigenvalue weighted by Gasteiger charge is 2.34. The Kier molecular flexibility index (Phi) is 3.64. The summed E-state index contributed by atoms with van der Waals surface area (Å²) in [6.45, 7) is 2.97. The van der Waals surface area contributed by atoms with Crippen molar-refractivity contribution in [3.8, 4) is 6.07 Å². The molecule has 1 saturated heterocycles. The van der Waals surface area contributed by atoms with E-state index in [1.165, 1.54) is 11.3 Å². The summed E-state index contributed by atoms with van der Waals surface area (Å²) in [6.07, 6.45) is 2.82. The van der Waals surface area contributed by atoms with E-state index in [0.29, 0.717) is 22.7 Å². The molecule has 0 amide bonds. The number of nitrogens with zero attached hydrogens (tertiary/aromatic N) is 2. The number of anilines is 2. The van der Waals surface area contributed by atoms with E-state index in [0.717, 1.165) is 44.0 Å². The van der Waals surface area contributed by atoms with E-state index in [9.17, 15) is 10.1 Å². The van der Waals surface area contributed by atoms with Crippen molar-refractivity contribution in [3.05, 3.63) is 10.4 Å². The number of hydrogen-bond donors (Lipinski definition) is 1. The van der Waals surface area contributed by atoms with E-state index >= 15 is 0 Å². The zero-order chi connectivity index (χ0) is 14.1. The molecule has 1 aliphatic carbocycles. The largest absolute Gasteiger partial charge is 0.396 e. The van der Waals surface area contributed by atoms with Crippen LogP contribution in [0.15, 0.2) is 0 Å². The second-order valence-corrected chi connectivity index (χ2v) is 6.23. The predicted octanol–water partition coefficient (Wildman–Crippen LogP) is 2.02. The third-order valence-electron chi connectivity index (χ3n) is 3.72. The molecule has 20 heavy (non-hydrogen) atoms. The maximum absolute atomic E-state index is 12.2. The zero-order valence-corrected chi connectivity index (χ0v) is 12.0. The summed E-state index contributed by atoms with van der Waals surface area (Å²) in [5, 5.41) is 10.2. The summed E-state index contributed by atoms with van der Waals surface area (Å²) in [4.78, 5) is 14.9. The van der Waals surface area contributed by atoms with E-state index in [1.807, 2.05) is 0 Å². The van der Waals surface area contributed by atoms with Crippen molar-refractivity contribution in [3.63, 3.8) is 0 Å². The van der Waals surface area contributed by atoms with Crippen LogP contribution in [-0.2, 0) is 4.74 Å². The lowest BCUT2D eigenvalue weighted by atomic mass is 10.1. The number of hydrogen-bond acceptors (Lipinski definition) is 6. The molecule has 2 aliphatic rings. The van der Waals surface area contributed by atoms with E-state index in [2.05, 4.69) is 11.0 Å². The normalized spacial score (nSPS) is 19.4. The standard InChI is InChI=1S/C14H17N3O2S/c15-8-10-11(16)13(12(18)9-2-3-9)20-14(10)17-4-1-6-19-7-5-17/h9H,1-7,16H2. The molecule has 5 nitrogen and oxygen atoms in total. The number of carbonyl (C=O) groups excluding carboxylic acids is 1. The molecular formula is C14H17N3O2S. The summed E-state index contributed by atoms with van der Waals surface area (Å²) in [6, 6.07) is 2.17. The number of nitrogens with two attached hydrogens (primary N) is 1. The van der Waals surface area contributed by atoms with Crippen molar-refractivity contribution in [2.24, 2.45) is 5.92 Å². The lowest BCUT2D eigenvalue weighted by Gasteiger charge is -2.20. The number of nitriles is 1. The summed E-state index contributed by atoms with van der Waals surface area (Å²) in [7, 11) is 0. The van der Waals surface area contributed by atoms with Gasteiger partial charge in [0.15, 0.2) is 5.78 Å². The molecule has 1 aromatic rings. The molecule has 2 N–H and O–H groups in total. The van der Waals surface area contributed by atoms with Gasteiger partial charge in [-0.2, -0.15) is 5.26 Å². The van der Waals surface area contributed by atoms with Gasteiger partial charge < -0.3 is 15.4 Å². The highest BCUT2D eigenvalue weighted by atomic mass is 32.1. The Labute approximate surface area is 121 Å². The van der Waals surface area contributed by atoms with Crippen LogP contribution in [0.4, 0.5) is 10.7 Å². The Morgan fingerprint density at radius 1 is 1.40 bits per heavy atom. The minimum absolute atomic E-state index is 0.112. The number of ether oxygens (including phenoxy) is 1. The van der Waals surface area contributed by atoms with Crippen molar-refractivity contribution in [1.82, 2.24) is 0 Å². The second-order valence-electron chi connectivity index (χ2n) is 5.23. The average Bonchev–Trinajstić information content (AvgIpc) is 3.25. The third kappa shape index (κ3) is 2.39. The Hall–Kier alpha value is -1.58. The van der Waals surface area contributed by atoms with Gasteiger partial charge in [0.25, 0.3) is 0 Å². The smallest absolute Gasteiger partial charge is 0.178 e. The summed E-state index contributed by atoms with van der Waals surface area (Å²) in [5.74, 6) is 0.240. The number of thiophene rings is 1. The maximum Gasteiger partial charge on any atom is 0.178 e. The predicted molar refractivity (Wildman–Crippen MR) is 78.1 cm³/mol. The summed E-state index contributed by atoms with van der Waals surface area (Å²) < 4.78 is 5.43. The first-order valence-electron chi connectivity index (χ1n) is 6.91. The number of rotatable bonds is 3. The molecule has 2 heterocycles. The highest BCUT2D eigenvalue weighted by molar-refractivity contribution is 7.19. The number of carbonyl (C=O) groups is 1. The Morgan fingerprint density at radius 2 is 2.20 bits per heavy atom. The van der Waals surface area contributed by atoms with Gasteiger partial charge in [-0.25, -0.2) is 0 Å². The Balaban J connectivity index is 1.95. The molecule has 0 aromatic carbocycles. The topological polar surface area (TPSA) is 79.4 Å². The molecule has 0 radical (unpaired) electrons. The highest BCUT2D eigenvalue weighted by Crippen LogP contribution is 2.42. The van der Waals surface area contributed by atoms with E-state index < -0.39 is 0 Å². The molecule has 0 unspecified atom stereocenters. The maximum atomic E-state index is 12.2. The van der Waals surface area contributed by atoms with Gasteiger partial charge in [-0.3, -0.25) is 4.79 Å². The van der Waals surface area contributed by atoms with Crippen LogP contribution in [0.2, 0.25) is 0 Å². The van der Waals surface area contributed by atoms with E-state index in [4.69, 9.17) is 10.5 Å². The van der Waals surface area contributed by atoms with Gasteiger partial charge in [0, 0.05) is 25.6 Å². The molecule has 3 rings (SSSR count). The van der Waals surface area contributed by atoms with Gasteiger partial charge in [-0.15, -0.1) is 11.3 Å². The monoisotopic (exact) mass is 291 g/mol. The Morgan fingerprint density at radius 3 is 2.90 bits per heavy atom. The fraction of sp³-hybridized carbons (Fsp3) is 0.571. The molecule has 0 spiro atoms. The molecule has 106 valence electrons. The fourth-order valence-corrected chi connectivity index (χ4v) is 3.67. The van der Waals surface area contributed by atoms with Gasteiger partial charge in [0.2, 0.25) is 0 Å². The van der Waals surface area contributed by atoms with Gasteiger partial charge in [0.05, 0.1) is 17.2 Å². The first-order valence-corrected chi connectivity index (χ1v) is 7.73. The van der Waals surface area contributed by atoms with E-state index in [1.54, 1.807) is 0 Å². The van der Waals surface area contributed by atoms with Crippen LogP contribution in [-0.4, -0.2) is 32.1 Å². The molecule has 0 atom stereocenters. The van der Waals surface area contributed by atoms with Gasteiger partial charge >= 0.3 is 0 Å². The SMILES string of the molecule is N#Cc1c(N2CCCOCC2)sc(C(=O)C2CC2)c1N. The average molecular weight is 291 g/mol. The molecule has 1 saturated carbocycles. The minimum atomic E-state index is 0.112. The van der Waals surface area contributed by atoms with Crippen LogP contribution in [0, 0.1) is 17.2 Å². The number of ketones is 1. The first-order chi connectivity index (χ1) is 9.72. The molecule has 0 bridgehead atoms. The van der Waals surface area contributed by atoms with Crippen molar-refractivity contribution in [2.45, 2.75) is 19.3 Å². The number of Topliss-reactive ketones (excluding diaryl/α,β-unsaturated/α-hetero) is 1.